The molecule has 7 nitrogen and oxygen atoms in total. The quantitative estimate of drug-likeness (QED) is 0.334. The lowest BCUT2D eigenvalue weighted by atomic mass is 9.91. The van der Waals surface area contributed by atoms with Crippen LogP contribution >= 0.6 is 0 Å². The summed E-state index contributed by atoms with van der Waals surface area (Å²) in [5.41, 5.74) is 3.59. The zero-order valence-electron chi connectivity index (χ0n) is 10.3. The Labute approximate surface area is 99.2 Å². The van der Waals surface area contributed by atoms with Crippen LogP contribution in [-0.4, -0.2) is 29.6 Å². The van der Waals surface area contributed by atoms with E-state index in [1.807, 2.05) is 0 Å². The summed E-state index contributed by atoms with van der Waals surface area (Å²) < 4.78 is 4.91. The molecule has 1 aliphatic rings. The fraction of sp³-hybridized carbons (Fsp3) is 0.700. The standard InChI is InChI=1S/C10H17N3O4/c1-5-6(7(14)11-5)8(15)12-13-9(16)17-10(2,3)4/h5-6H,1-4H3,(H,11,14)(H,12,15)(H,13,16)/t5-,6+/m1/s1. The van der Waals surface area contributed by atoms with E-state index in [-0.39, 0.29) is 11.9 Å². The van der Waals surface area contributed by atoms with Gasteiger partial charge in [0.15, 0.2) is 0 Å². The maximum Gasteiger partial charge on any atom is 0.426 e. The molecule has 1 rings (SSSR count). The maximum atomic E-state index is 11.5. The van der Waals surface area contributed by atoms with Gasteiger partial charge in [-0.25, -0.2) is 10.2 Å². The summed E-state index contributed by atoms with van der Waals surface area (Å²) in [6, 6.07) is -0.220. The topological polar surface area (TPSA) is 96.5 Å². The zero-order chi connectivity index (χ0) is 13.2. The molecular formula is C10H17N3O4. The van der Waals surface area contributed by atoms with Gasteiger partial charge in [0, 0.05) is 6.04 Å². The van der Waals surface area contributed by atoms with Crippen molar-refractivity contribution in [3.63, 3.8) is 0 Å². The lowest BCUT2D eigenvalue weighted by Gasteiger charge is -2.32. The molecule has 1 heterocycles. The average molecular weight is 243 g/mol. The van der Waals surface area contributed by atoms with E-state index in [9.17, 15) is 14.4 Å². The predicted molar refractivity (Wildman–Crippen MR) is 58.6 cm³/mol. The Bertz CT molecular complexity index is 348. The van der Waals surface area contributed by atoms with Gasteiger partial charge in [-0.05, 0) is 27.7 Å². The third-order valence-corrected chi connectivity index (χ3v) is 2.12. The van der Waals surface area contributed by atoms with Crippen molar-refractivity contribution in [2.75, 3.05) is 0 Å². The van der Waals surface area contributed by atoms with Crippen LogP contribution < -0.4 is 16.2 Å². The number of ether oxygens (including phenoxy) is 1. The molecule has 17 heavy (non-hydrogen) atoms. The number of hydrogen-bond acceptors (Lipinski definition) is 4. The number of carbonyl (C=O) groups excluding carboxylic acids is 3. The van der Waals surface area contributed by atoms with E-state index in [1.54, 1.807) is 27.7 Å². The second kappa shape index (κ2) is 4.60. The largest absolute Gasteiger partial charge is 0.443 e. The van der Waals surface area contributed by atoms with Gasteiger partial charge in [-0.1, -0.05) is 0 Å². The Kier molecular flexibility index (Phi) is 3.59. The number of β-lactam (4-membered cyclic amide) rings is 1. The van der Waals surface area contributed by atoms with Crippen LogP contribution in [0.2, 0.25) is 0 Å². The molecular weight excluding hydrogens is 226 g/mol. The Morgan fingerprint density at radius 3 is 2.29 bits per heavy atom. The number of carbonyl (C=O) groups is 3. The first-order valence-corrected chi connectivity index (χ1v) is 5.30. The first kappa shape index (κ1) is 13.3. The fourth-order valence-corrected chi connectivity index (χ4v) is 1.37. The van der Waals surface area contributed by atoms with Crippen molar-refractivity contribution in [2.45, 2.75) is 39.3 Å². The Hall–Kier alpha value is -1.79. The minimum atomic E-state index is -0.766. The van der Waals surface area contributed by atoms with Crippen LogP contribution in [0.25, 0.3) is 0 Å². The molecule has 1 saturated heterocycles. The molecule has 96 valence electrons. The second-order valence-electron chi connectivity index (χ2n) is 4.89. The summed E-state index contributed by atoms with van der Waals surface area (Å²) in [7, 11) is 0. The minimum absolute atomic E-state index is 0.220. The third kappa shape index (κ3) is 3.61. The molecule has 0 spiro atoms. The maximum absolute atomic E-state index is 11.5. The summed E-state index contributed by atoms with van der Waals surface area (Å²) in [6.07, 6.45) is -0.766. The molecule has 3 amide bonds. The second-order valence-corrected chi connectivity index (χ2v) is 4.89. The SMILES string of the molecule is C[C@H]1NC(=O)[C@H]1C(=O)NNC(=O)OC(C)(C)C. The van der Waals surface area contributed by atoms with Gasteiger partial charge in [-0.3, -0.25) is 15.0 Å². The third-order valence-electron chi connectivity index (χ3n) is 2.12. The van der Waals surface area contributed by atoms with Crippen molar-refractivity contribution in [3.8, 4) is 0 Å². The van der Waals surface area contributed by atoms with E-state index in [4.69, 9.17) is 4.74 Å². The minimum Gasteiger partial charge on any atom is -0.443 e. The van der Waals surface area contributed by atoms with Gasteiger partial charge in [0.25, 0.3) is 5.91 Å². The molecule has 1 aliphatic heterocycles. The highest BCUT2D eigenvalue weighted by Gasteiger charge is 2.41. The van der Waals surface area contributed by atoms with Crippen molar-refractivity contribution in [2.24, 2.45) is 5.92 Å². The number of hydrazine groups is 1. The Morgan fingerprint density at radius 2 is 1.88 bits per heavy atom. The molecule has 0 saturated carbocycles. The van der Waals surface area contributed by atoms with Gasteiger partial charge < -0.3 is 10.1 Å². The van der Waals surface area contributed by atoms with Gasteiger partial charge in [0.05, 0.1) is 0 Å². The molecule has 0 bridgehead atoms. The summed E-state index contributed by atoms with van der Waals surface area (Å²) in [6.45, 7) is 6.82. The number of hydrogen-bond donors (Lipinski definition) is 3. The highest BCUT2D eigenvalue weighted by molar-refractivity contribution is 6.05. The van der Waals surface area contributed by atoms with Crippen molar-refractivity contribution in [1.29, 1.82) is 0 Å². The van der Waals surface area contributed by atoms with Crippen LogP contribution in [0, 0.1) is 5.92 Å². The van der Waals surface area contributed by atoms with Gasteiger partial charge >= 0.3 is 6.09 Å². The summed E-state index contributed by atoms with van der Waals surface area (Å²) in [5, 5.41) is 2.52. The molecule has 7 heteroatoms. The fourth-order valence-electron chi connectivity index (χ4n) is 1.37. The monoisotopic (exact) mass is 243 g/mol. The van der Waals surface area contributed by atoms with E-state index in [1.165, 1.54) is 0 Å². The van der Waals surface area contributed by atoms with Gasteiger partial charge in [-0.15, -0.1) is 0 Å². The number of rotatable bonds is 1. The van der Waals surface area contributed by atoms with E-state index < -0.39 is 23.5 Å². The lowest BCUT2D eigenvalue weighted by molar-refractivity contribution is -0.144. The Balaban J connectivity index is 2.34. The van der Waals surface area contributed by atoms with Crippen LogP contribution in [-0.2, 0) is 14.3 Å². The molecule has 0 aromatic carbocycles. The Morgan fingerprint density at radius 1 is 1.29 bits per heavy atom. The van der Waals surface area contributed by atoms with E-state index in [0.717, 1.165) is 0 Å². The lowest BCUT2D eigenvalue weighted by Crippen LogP contribution is -2.63. The first-order chi connectivity index (χ1) is 7.70. The molecule has 1 fully saturated rings. The van der Waals surface area contributed by atoms with E-state index >= 15 is 0 Å². The molecule has 0 aliphatic carbocycles. The normalized spacial score (nSPS) is 23.2. The molecule has 0 aromatic heterocycles. The number of nitrogens with one attached hydrogen (secondary N) is 3. The zero-order valence-corrected chi connectivity index (χ0v) is 10.3. The van der Waals surface area contributed by atoms with E-state index in [0.29, 0.717) is 0 Å². The van der Waals surface area contributed by atoms with Crippen molar-refractivity contribution in [1.82, 2.24) is 16.2 Å². The first-order valence-electron chi connectivity index (χ1n) is 5.30. The van der Waals surface area contributed by atoms with Crippen LogP contribution in [0.15, 0.2) is 0 Å². The smallest absolute Gasteiger partial charge is 0.426 e. The molecule has 0 radical (unpaired) electrons. The van der Waals surface area contributed by atoms with Gasteiger partial charge in [-0.2, -0.15) is 0 Å². The highest BCUT2D eigenvalue weighted by Crippen LogP contribution is 2.13. The van der Waals surface area contributed by atoms with Crippen molar-refractivity contribution >= 4 is 17.9 Å². The molecule has 0 unspecified atom stereocenters. The number of amides is 3. The molecule has 0 aromatic rings. The van der Waals surface area contributed by atoms with Gasteiger partial charge in [0.2, 0.25) is 5.91 Å². The highest BCUT2D eigenvalue weighted by atomic mass is 16.6. The van der Waals surface area contributed by atoms with Crippen molar-refractivity contribution in [3.05, 3.63) is 0 Å². The van der Waals surface area contributed by atoms with E-state index in [2.05, 4.69) is 16.2 Å². The van der Waals surface area contributed by atoms with Crippen LogP contribution in [0.4, 0.5) is 4.79 Å². The average Bonchev–Trinajstić information content (AvgIpc) is 2.11. The molecule has 3 N–H and O–H groups in total. The van der Waals surface area contributed by atoms with Crippen LogP contribution in [0.3, 0.4) is 0 Å². The summed E-state index contributed by atoms with van der Waals surface area (Å²) >= 11 is 0. The predicted octanol–water partition coefficient (Wildman–Crippen LogP) is -0.323. The molecule has 2 atom stereocenters. The van der Waals surface area contributed by atoms with Crippen molar-refractivity contribution < 1.29 is 19.1 Å². The summed E-state index contributed by atoms with van der Waals surface area (Å²) in [4.78, 5) is 33.7. The van der Waals surface area contributed by atoms with Gasteiger partial charge in [0.1, 0.15) is 11.5 Å². The van der Waals surface area contributed by atoms with Crippen LogP contribution in [0.1, 0.15) is 27.7 Å². The van der Waals surface area contributed by atoms with Crippen LogP contribution in [0.5, 0.6) is 0 Å². The summed E-state index contributed by atoms with van der Waals surface area (Å²) in [5.74, 6) is -1.65.